The van der Waals surface area contributed by atoms with Crippen LogP contribution in [0.4, 0.5) is 10.5 Å². The summed E-state index contributed by atoms with van der Waals surface area (Å²) in [5.74, 6) is 0.335. The molecule has 1 heterocycles. The SMILES string of the molecule is CC(C)COC(=O)N1CCCN(C(=O)c2ccc(N(C)C)cc2)CC1. The first-order valence-corrected chi connectivity index (χ1v) is 8.87. The lowest BCUT2D eigenvalue weighted by atomic mass is 10.1. The molecule has 1 aliphatic rings. The van der Waals surface area contributed by atoms with Crippen molar-refractivity contribution in [2.24, 2.45) is 5.92 Å². The molecule has 1 aromatic rings. The van der Waals surface area contributed by atoms with Gasteiger partial charge in [0, 0.05) is 51.5 Å². The van der Waals surface area contributed by atoms with Gasteiger partial charge < -0.3 is 19.4 Å². The molecule has 0 bridgehead atoms. The Hall–Kier alpha value is -2.24. The van der Waals surface area contributed by atoms with Gasteiger partial charge in [-0.1, -0.05) is 13.8 Å². The predicted molar refractivity (Wildman–Crippen MR) is 99.0 cm³/mol. The number of anilines is 1. The van der Waals surface area contributed by atoms with E-state index in [2.05, 4.69) is 0 Å². The van der Waals surface area contributed by atoms with Crippen molar-refractivity contribution in [2.75, 3.05) is 51.8 Å². The van der Waals surface area contributed by atoms with Gasteiger partial charge in [0.25, 0.3) is 5.91 Å². The topological polar surface area (TPSA) is 53.1 Å². The molecular weight excluding hydrogens is 318 g/mol. The van der Waals surface area contributed by atoms with Gasteiger partial charge in [-0.05, 0) is 36.6 Å². The molecule has 0 radical (unpaired) electrons. The average Bonchev–Trinajstić information content (AvgIpc) is 2.85. The maximum absolute atomic E-state index is 12.7. The fourth-order valence-corrected chi connectivity index (χ4v) is 2.72. The molecule has 0 spiro atoms. The summed E-state index contributed by atoms with van der Waals surface area (Å²) < 4.78 is 5.29. The molecule has 0 N–H and O–H groups in total. The Bertz CT molecular complexity index is 584. The van der Waals surface area contributed by atoms with Crippen molar-refractivity contribution in [3.8, 4) is 0 Å². The monoisotopic (exact) mass is 347 g/mol. The maximum atomic E-state index is 12.7. The number of rotatable bonds is 4. The maximum Gasteiger partial charge on any atom is 0.409 e. The Labute approximate surface area is 150 Å². The molecule has 138 valence electrons. The molecule has 2 rings (SSSR count). The van der Waals surface area contributed by atoms with Crippen molar-refractivity contribution < 1.29 is 14.3 Å². The second-order valence-electron chi connectivity index (χ2n) is 7.04. The summed E-state index contributed by atoms with van der Waals surface area (Å²) in [7, 11) is 3.94. The zero-order chi connectivity index (χ0) is 18.4. The fraction of sp³-hybridized carbons (Fsp3) is 0.579. The lowest BCUT2D eigenvalue weighted by Gasteiger charge is -2.22. The third kappa shape index (κ3) is 5.37. The van der Waals surface area contributed by atoms with Crippen LogP contribution in [-0.4, -0.2) is 68.7 Å². The lowest BCUT2D eigenvalue weighted by Crippen LogP contribution is -2.37. The van der Waals surface area contributed by atoms with Gasteiger partial charge in [0.2, 0.25) is 0 Å². The van der Waals surface area contributed by atoms with Gasteiger partial charge in [0.1, 0.15) is 0 Å². The Kier molecular flexibility index (Phi) is 6.67. The van der Waals surface area contributed by atoms with Crippen LogP contribution in [0.1, 0.15) is 30.6 Å². The summed E-state index contributed by atoms with van der Waals surface area (Å²) in [6.45, 7) is 6.78. The molecule has 25 heavy (non-hydrogen) atoms. The zero-order valence-corrected chi connectivity index (χ0v) is 15.7. The number of hydrogen-bond donors (Lipinski definition) is 0. The van der Waals surface area contributed by atoms with Crippen molar-refractivity contribution in [2.45, 2.75) is 20.3 Å². The molecule has 0 atom stereocenters. The van der Waals surface area contributed by atoms with E-state index in [1.165, 1.54) is 0 Å². The van der Waals surface area contributed by atoms with Crippen molar-refractivity contribution >= 4 is 17.7 Å². The van der Waals surface area contributed by atoms with E-state index < -0.39 is 0 Å². The summed E-state index contributed by atoms with van der Waals surface area (Å²) in [5.41, 5.74) is 1.74. The number of hydrogen-bond acceptors (Lipinski definition) is 4. The van der Waals surface area contributed by atoms with Crippen LogP contribution in [0.2, 0.25) is 0 Å². The van der Waals surface area contributed by atoms with Gasteiger partial charge in [-0.15, -0.1) is 0 Å². The summed E-state index contributed by atoms with van der Waals surface area (Å²) >= 11 is 0. The van der Waals surface area contributed by atoms with Crippen molar-refractivity contribution in [1.29, 1.82) is 0 Å². The third-order valence-electron chi connectivity index (χ3n) is 4.21. The Morgan fingerprint density at radius 2 is 1.64 bits per heavy atom. The normalized spacial score (nSPS) is 15.1. The molecule has 0 aromatic heterocycles. The van der Waals surface area contributed by atoms with Gasteiger partial charge in [-0.2, -0.15) is 0 Å². The minimum absolute atomic E-state index is 0.0164. The highest BCUT2D eigenvalue weighted by molar-refractivity contribution is 5.94. The molecule has 0 saturated carbocycles. The standard InChI is InChI=1S/C19H29N3O3/c1-15(2)14-25-19(24)22-11-5-10-21(12-13-22)18(23)16-6-8-17(9-7-16)20(3)4/h6-9,15H,5,10-14H2,1-4H3. The Morgan fingerprint density at radius 1 is 1.04 bits per heavy atom. The van der Waals surface area contributed by atoms with Gasteiger partial charge in [0.15, 0.2) is 0 Å². The zero-order valence-electron chi connectivity index (χ0n) is 15.7. The van der Waals surface area contributed by atoms with Crippen LogP contribution in [0.3, 0.4) is 0 Å². The molecule has 0 unspecified atom stereocenters. The van der Waals surface area contributed by atoms with Crippen molar-refractivity contribution in [3.05, 3.63) is 29.8 Å². The molecular formula is C19H29N3O3. The highest BCUT2D eigenvalue weighted by Crippen LogP contribution is 2.15. The number of amides is 2. The van der Waals surface area contributed by atoms with E-state index in [9.17, 15) is 9.59 Å². The summed E-state index contributed by atoms with van der Waals surface area (Å²) in [5, 5.41) is 0. The highest BCUT2D eigenvalue weighted by Gasteiger charge is 2.23. The average molecular weight is 347 g/mol. The van der Waals surface area contributed by atoms with Crippen molar-refractivity contribution in [1.82, 2.24) is 9.80 Å². The van der Waals surface area contributed by atoms with Gasteiger partial charge in [-0.3, -0.25) is 4.79 Å². The third-order valence-corrected chi connectivity index (χ3v) is 4.21. The van der Waals surface area contributed by atoms with E-state index in [-0.39, 0.29) is 12.0 Å². The second kappa shape index (κ2) is 8.74. The number of carbonyl (C=O) groups excluding carboxylic acids is 2. The molecule has 1 saturated heterocycles. The first-order valence-electron chi connectivity index (χ1n) is 8.87. The van der Waals surface area contributed by atoms with Crippen molar-refractivity contribution in [3.63, 3.8) is 0 Å². The van der Waals surface area contributed by atoms with E-state index in [0.29, 0.717) is 44.3 Å². The van der Waals surface area contributed by atoms with E-state index in [4.69, 9.17) is 4.74 Å². The quantitative estimate of drug-likeness (QED) is 0.840. The van der Waals surface area contributed by atoms with E-state index in [0.717, 1.165) is 12.1 Å². The fourth-order valence-electron chi connectivity index (χ4n) is 2.72. The summed E-state index contributed by atoms with van der Waals surface area (Å²) in [4.78, 5) is 30.3. The van der Waals surface area contributed by atoms with E-state index >= 15 is 0 Å². The number of ether oxygens (including phenoxy) is 1. The molecule has 6 heteroatoms. The minimum atomic E-state index is -0.279. The van der Waals surface area contributed by atoms with Crippen LogP contribution in [0, 0.1) is 5.92 Å². The van der Waals surface area contributed by atoms with Gasteiger partial charge >= 0.3 is 6.09 Å². The Morgan fingerprint density at radius 3 is 2.24 bits per heavy atom. The highest BCUT2D eigenvalue weighted by atomic mass is 16.6. The first-order chi connectivity index (χ1) is 11.9. The van der Waals surface area contributed by atoms with Crippen LogP contribution >= 0.6 is 0 Å². The molecule has 2 amide bonds. The Balaban J connectivity index is 1.93. The predicted octanol–water partition coefficient (Wildman–Crippen LogP) is 2.69. The lowest BCUT2D eigenvalue weighted by molar-refractivity contribution is 0.0746. The summed E-state index contributed by atoms with van der Waals surface area (Å²) in [6, 6.07) is 7.61. The molecule has 1 aliphatic heterocycles. The number of carbonyl (C=O) groups is 2. The first kappa shape index (κ1) is 19.1. The molecule has 0 aliphatic carbocycles. The minimum Gasteiger partial charge on any atom is -0.449 e. The van der Waals surface area contributed by atoms with Crippen LogP contribution in [0.5, 0.6) is 0 Å². The van der Waals surface area contributed by atoms with Crippen LogP contribution < -0.4 is 4.90 Å². The summed E-state index contributed by atoms with van der Waals surface area (Å²) in [6.07, 6.45) is 0.483. The second-order valence-corrected chi connectivity index (χ2v) is 7.04. The van der Waals surface area contributed by atoms with Crippen LogP contribution in [0.25, 0.3) is 0 Å². The number of nitrogens with zero attached hydrogens (tertiary/aromatic N) is 3. The van der Waals surface area contributed by atoms with Crippen LogP contribution in [-0.2, 0) is 4.74 Å². The van der Waals surface area contributed by atoms with Gasteiger partial charge in [0.05, 0.1) is 6.61 Å². The van der Waals surface area contributed by atoms with E-state index in [1.807, 2.05) is 62.0 Å². The van der Waals surface area contributed by atoms with Gasteiger partial charge in [-0.25, -0.2) is 4.79 Å². The largest absolute Gasteiger partial charge is 0.449 e. The molecule has 6 nitrogen and oxygen atoms in total. The van der Waals surface area contributed by atoms with Crippen LogP contribution in [0.15, 0.2) is 24.3 Å². The molecule has 1 aromatic carbocycles. The van der Waals surface area contributed by atoms with E-state index in [1.54, 1.807) is 4.90 Å². The smallest absolute Gasteiger partial charge is 0.409 e. The number of benzene rings is 1. The molecule has 1 fully saturated rings.